The van der Waals surface area contributed by atoms with Crippen molar-refractivity contribution < 1.29 is 25.9 Å². The predicted octanol–water partition coefficient (Wildman–Crippen LogP) is 10.5. The SMILES string of the molecule is CCCCCCCCCCCCCc1cccc(S(=O)(=O)[O-])c1.CCCCCCCCCCCCCc1cccc(S(=O)(=O)[O-])c1.[Ba+2]. The fourth-order valence-electron chi connectivity index (χ4n) is 5.70. The minimum Gasteiger partial charge on any atom is -0.744 e. The summed E-state index contributed by atoms with van der Waals surface area (Å²) in [5.74, 6) is 0. The summed E-state index contributed by atoms with van der Waals surface area (Å²) >= 11 is 0. The van der Waals surface area contributed by atoms with Crippen LogP contribution < -0.4 is 0 Å². The molecule has 264 valence electrons. The second-order valence-corrected chi connectivity index (χ2v) is 15.5. The zero-order chi connectivity index (χ0) is 33.9. The largest absolute Gasteiger partial charge is 2.00 e. The third-order valence-corrected chi connectivity index (χ3v) is 10.2. The van der Waals surface area contributed by atoms with Crippen LogP contribution >= 0.6 is 0 Å². The van der Waals surface area contributed by atoms with Gasteiger partial charge in [0.1, 0.15) is 20.2 Å². The van der Waals surface area contributed by atoms with Crippen LogP contribution in [0.2, 0.25) is 0 Å². The standard InChI is InChI=1S/2C19H32O3S.Ba/c2*1-2-3-4-5-6-7-8-9-10-11-12-14-18-15-13-16-19(17-18)23(20,21)22;/h2*13,15-17H,2-12,14H2,1H3,(H,20,21,22);/q;;+2/p-2. The predicted molar refractivity (Wildman–Crippen MR) is 195 cm³/mol. The van der Waals surface area contributed by atoms with Gasteiger partial charge in [-0.3, -0.25) is 0 Å². The van der Waals surface area contributed by atoms with Crippen LogP contribution in [0.15, 0.2) is 58.3 Å². The van der Waals surface area contributed by atoms with E-state index in [-0.39, 0.29) is 58.7 Å². The van der Waals surface area contributed by atoms with E-state index in [9.17, 15) is 25.9 Å². The third-order valence-electron chi connectivity index (χ3n) is 8.51. The van der Waals surface area contributed by atoms with Crippen LogP contribution in [0.4, 0.5) is 0 Å². The van der Waals surface area contributed by atoms with Crippen LogP contribution in [0, 0.1) is 0 Å². The Labute approximate surface area is 329 Å². The molecule has 0 heterocycles. The van der Waals surface area contributed by atoms with Gasteiger partial charge in [-0.15, -0.1) is 0 Å². The van der Waals surface area contributed by atoms with E-state index < -0.39 is 20.2 Å². The molecular weight excluding hydrogens is 754 g/mol. The van der Waals surface area contributed by atoms with Gasteiger partial charge in [-0.05, 0) is 61.1 Å². The summed E-state index contributed by atoms with van der Waals surface area (Å²) in [5.41, 5.74) is 1.88. The molecule has 6 nitrogen and oxygen atoms in total. The molecule has 0 saturated heterocycles. The number of benzene rings is 2. The Hall–Kier alpha value is -0.169. The summed E-state index contributed by atoms with van der Waals surface area (Å²) in [4.78, 5) is -0.226. The smallest absolute Gasteiger partial charge is 0.744 e. The number of aryl methyl sites for hydroxylation is 2. The van der Waals surface area contributed by atoms with Gasteiger partial charge in [0.25, 0.3) is 0 Å². The molecule has 0 fully saturated rings. The van der Waals surface area contributed by atoms with Gasteiger partial charge in [-0.25, -0.2) is 16.8 Å². The molecule has 47 heavy (non-hydrogen) atoms. The summed E-state index contributed by atoms with van der Waals surface area (Å²) in [6, 6.07) is 12.9. The van der Waals surface area contributed by atoms with Gasteiger partial charge in [0.15, 0.2) is 0 Å². The molecule has 0 atom stereocenters. The number of unbranched alkanes of at least 4 members (excludes halogenated alkanes) is 20. The Kier molecular flexibility index (Phi) is 29.4. The summed E-state index contributed by atoms with van der Waals surface area (Å²) < 4.78 is 65.9. The van der Waals surface area contributed by atoms with Crippen molar-refractivity contribution in [3.63, 3.8) is 0 Å². The second kappa shape index (κ2) is 29.6. The summed E-state index contributed by atoms with van der Waals surface area (Å²) in [5, 5.41) is 0. The summed E-state index contributed by atoms with van der Waals surface area (Å²) in [6.45, 7) is 4.49. The Morgan fingerprint density at radius 3 is 0.936 bits per heavy atom. The van der Waals surface area contributed by atoms with E-state index in [0.29, 0.717) is 0 Å². The van der Waals surface area contributed by atoms with E-state index in [1.165, 1.54) is 153 Å². The minimum absolute atomic E-state index is 0. The maximum Gasteiger partial charge on any atom is 2.00 e. The van der Waals surface area contributed by atoms with E-state index in [1.54, 1.807) is 12.1 Å². The molecule has 0 aromatic heterocycles. The van der Waals surface area contributed by atoms with Crippen molar-refractivity contribution in [2.75, 3.05) is 0 Å². The van der Waals surface area contributed by atoms with Crippen molar-refractivity contribution in [1.29, 1.82) is 0 Å². The van der Waals surface area contributed by atoms with Crippen LogP contribution in [0.1, 0.15) is 166 Å². The molecule has 9 heteroatoms. The van der Waals surface area contributed by atoms with Crippen molar-refractivity contribution in [1.82, 2.24) is 0 Å². The number of hydrogen-bond acceptors (Lipinski definition) is 6. The van der Waals surface area contributed by atoms with Gasteiger partial charge in [0.2, 0.25) is 0 Å². The van der Waals surface area contributed by atoms with Gasteiger partial charge in [-0.2, -0.15) is 0 Å². The quantitative estimate of drug-likeness (QED) is 0.0531. The molecule has 0 saturated carbocycles. The molecule has 2 aromatic rings. The zero-order valence-electron chi connectivity index (χ0n) is 29.6. The topological polar surface area (TPSA) is 114 Å². The molecule has 0 aliphatic heterocycles. The monoisotopic (exact) mass is 816 g/mol. The Balaban J connectivity index is 0.000000882. The molecule has 0 bridgehead atoms. The first kappa shape index (κ1) is 46.8. The Morgan fingerprint density at radius 1 is 0.426 bits per heavy atom. The molecule has 0 amide bonds. The van der Waals surface area contributed by atoms with Gasteiger partial charge in [0, 0.05) is 0 Å². The van der Waals surface area contributed by atoms with Crippen molar-refractivity contribution in [3.05, 3.63) is 59.7 Å². The maximum atomic E-state index is 11.0. The van der Waals surface area contributed by atoms with E-state index in [0.717, 1.165) is 36.8 Å². The average Bonchev–Trinajstić information content (AvgIpc) is 3.02. The average molecular weight is 816 g/mol. The summed E-state index contributed by atoms with van der Waals surface area (Å²) in [6.07, 6.45) is 30.2. The second-order valence-electron chi connectivity index (χ2n) is 12.8. The number of hydrogen-bond donors (Lipinski definition) is 0. The zero-order valence-corrected chi connectivity index (χ0v) is 35.6. The molecule has 0 spiro atoms. The summed E-state index contributed by atoms with van der Waals surface area (Å²) in [7, 11) is -8.66. The molecule has 0 aliphatic carbocycles. The van der Waals surface area contributed by atoms with Crippen molar-refractivity contribution in [2.24, 2.45) is 0 Å². The molecule has 2 rings (SSSR count). The molecule has 0 radical (unpaired) electrons. The maximum absolute atomic E-state index is 11.0. The van der Waals surface area contributed by atoms with Crippen LogP contribution in [0.3, 0.4) is 0 Å². The molecule has 0 aliphatic rings. The van der Waals surface area contributed by atoms with Crippen molar-refractivity contribution in [2.45, 2.75) is 178 Å². The molecule has 0 unspecified atom stereocenters. The van der Waals surface area contributed by atoms with E-state index in [2.05, 4.69) is 13.8 Å². The first-order valence-corrected chi connectivity index (χ1v) is 21.0. The van der Waals surface area contributed by atoms with Crippen LogP contribution in [0.25, 0.3) is 0 Å². The van der Waals surface area contributed by atoms with E-state index >= 15 is 0 Å². The third kappa shape index (κ3) is 26.3. The first-order valence-electron chi connectivity index (χ1n) is 18.2. The fraction of sp³-hybridized carbons (Fsp3) is 0.684. The fourth-order valence-corrected chi connectivity index (χ4v) is 6.78. The van der Waals surface area contributed by atoms with Gasteiger partial charge in [-0.1, -0.05) is 167 Å². The normalized spacial score (nSPS) is 11.5. The first-order chi connectivity index (χ1) is 22.1. The Bertz CT molecular complexity index is 1150. The van der Waals surface area contributed by atoms with Crippen LogP contribution in [-0.4, -0.2) is 74.8 Å². The van der Waals surface area contributed by atoms with Crippen molar-refractivity contribution >= 4 is 69.1 Å². The number of rotatable bonds is 26. The van der Waals surface area contributed by atoms with Crippen LogP contribution in [0.5, 0.6) is 0 Å². The molecule has 0 N–H and O–H groups in total. The van der Waals surface area contributed by atoms with Gasteiger partial charge in [0.05, 0.1) is 9.79 Å². The van der Waals surface area contributed by atoms with Crippen molar-refractivity contribution in [3.8, 4) is 0 Å². The van der Waals surface area contributed by atoms with Crippen LogP contribution in [-0.2, 0) is 33.1 Å². The Morgan fingerprint density at radius 2 is 0.681 bits per heavy atom. The van der Waals surface area contributed by atoms with Gasteiger partial charge < -0.3 is 9.11 Å². The minimum atomic E-state index is -4.33. The van der Waals surface area contributed by atoms with E-state index in [4.69, 9.17) is 0 Å². The van der Waals surface area contributed by atoms with E-state index in [1.807, 2.05) is 12.1 Å². The molecule has 2 aromatic carbocycles. The molecular formula is C38H62BaO6S2. The van der Waals surface area contributed by atoms with Gasteiger partial charge >= 0.3 is 48.9 Å².